The van der Waals surface area contributed by atoms with Gasteiger partial charge in [0.15, 0.2) is 0 Å². The Morgan fingerprint density at radius 3 is 2.57 bits per heavy atom. The standard InChI is InChI=1S/C17H18N2O2/c1-21-17-5-3-2-4-15(17)16(20)12-19-11-14-8-6-13(10-18)7-9-14/h2-9,16,19-20H,11-12H2,1H3/t16-/m0/s1. The molecule has 2 aromatic rings. The molecule has 108 valence electrons. The van der Waals surface area contributed by atoms with E-state index in [1.807, 2.05) is 36.4 Å². The number of rotatable bonds is 6. The van der Waals surface area contributed by atoms with E-state index in [9.17, 15) is 5.11 Å². The molecule has 0 heterocycles. The topological polar surface area (TPSA) is 65.3 Å². The number of nitrogens with one attached hydrogen (secondary N) is 1. The van der Waals surface area contributed by atoms with Crippen LogP contribution < -0.4 is 10.1 Å². The van der Waals surface area contributed by atoms with Gasteiger partial charge >= 0.3 is 0 Å². The highest BCUT2D eigenvalue weighted by molar-refractivity contribution is 5.35. The Balaban J connectivity index is 1.89. The maximum atomic E-state index is 10.2. The molecule has 2 aromatic carbocycles. The minimum absolute atomic E-state index is 0.431. The number of nitrogens with zero attached hydrogens (tertiary/aromatic N) is 1. The van der Waals surface area contributed by atoms with Crippen LogP contribution in [0.3, 0.4) is 0 Å². The lowest BCUT2D eigenvalue weighted by Crippen LogP contribution is -2.21. The summed E-state index contributed by atoms with van der Waals surface area (Å²) >= 11 is 0. The van der Waals surface area contributed by atoms with Crippen LogP contribution in [0.25, 0.3) is 0 Å². The number of aliphatic hydroxyl groups excluding tert-OH is 1. The number of nitriles is 1. The second-order valence-electron chi connectivity index (χ2n) is 4.70. The monoisotopic (exact) mass is 282 g/mol. The van der Waals surface area contributed by atoms with Crippen molar-refractivity contribution in [2.45, 2.75) is 12.6 Å². The lowest BCUT2D eigenvalue weighted by Gasteiger charge is -2.15. The van der Waals surface area contributed by atoms with E-state index >= 15 is 0 Å². The molecule has 0 spiro atoms. The first-order valence-electron chi connectivity index (χ1n) is 6.75. The van der Waals surface area contributed by atoms with Crippen LogP contribution in [-0.4, -0.2) is 18.8 Å². The summed E-state index contributed by atoms with van der Waals surface area (Å²) in [6, 6.07) is 16.9. The average molecular weight is 282 g/mol. The zero-order valence-electron chi connectivity index (χ0n) is 11.9. The van der Waals surface area contributed by atoms with Gasteiger partial charge < -0.3 is 15.2 Å². The fraction of sp³-hybridized carbons (Fsp3) is 0.235. The van der Waals surface area contributed by atoms with Gasteiger partial charge in [-0.3, -0.25) is 0 Å². The average Bonchev–Trinajstić information content (AvgIpc) is 2.55. The molecule has 0 saturated carbocycles. The molecule has 0 bridgehead atoms. The molecule has 0 radical (unpaired) electrons. The third-order valence-corrected chi connectivity index (χ3v) is 3.25. The van der Waals surface area contributed by atoms with Crippen molar-refractivity contribution in [3.8, 4) is 11.8 Å². The van der Waals surface area contributed by atoms with Crippen molar-refractivity contribution in [3.05, 3.63) is 65.2 Å². The highest BCUT2D eigenvalue weighted by atomic mass is 16.5. The highest BCUT2D eigenvalue weighted by Gasteiger charge is 2.11. The molecular weight excluding hydrogens is 264 g/mol. The molecule has 4 heteroatoms. The predicted molar refractivity (Wildman–Crippen MR) is 80.8 cm³/mol. The molecule has 0 aliphatic carbocycles. The van der Waals surface area contributed by atoms with E-state index in [4.69, 9.17) is 10.00 Å². The third-order valence-electron chi connectivity index (χ3n) is 3.25. The smallest absolute Gasteiger partial charge is 0.124 e. The van der Waals surface area contributed by atoms with Crippen molar-refractivity contribution in [2.75, 3.05) is 13.7 Å². The van der Waals surface area contributed by atoms with Crippen LogP contribution in [-0.2, 0) is 6.54 Å². The molecule has 21 heavy (non-hydrogen) atoms. The fourth-order valence-corrected chi connectivity index (χ4v) is 2.10. The van der Waals surface area contributed by atoms with Gasteiger partial charge in [0.2, 0.25) is 0 Å². The van der Waals surface area contributed by atoms with Crippen molar-refractivity contribution in [1.29, 1.82) is 5.26 Å². The Hall–Kier alpha value is -2.35. The summed E-state index contributed by atoms with van der Waals surface area (Å²) in [6.45, 7) is 1.07. The summed E-state index contributed by atoms with van der Waals surface area (Å²) < 4.78 is 5.24. The molecule has 4 nitrogen and oxygen atoms in total. The summed E-state index contributed by atoms with van der Waals surface area (Å²) in [7, 11) is 1.59. The molecule has 2 rings (SSSR count). The molecule has 0 fully saturated rings. The largest absolute Gasteiger partial charge is 0.496 e. The molecule has 0 aliphatic rings. The van der Waals surface area contributed by atoms with Gasteiger partial charge in [-0.1, -0.05) is 30.3 Å². The number of hydrogen-bond donors (Lipinski definition) is 2. The molecule has 0 unspecified atom stereocenters. The van der Waals surface area contributed by atoms with E-state index in [0.29, 0.717) is 24.4 Å². The highest BCUT2D eigenvalue weighted by Crippen LogP contribution is 2.24. The number of methoxy groups -OCH3 is 1. The van der Waals surface area contributed by atoms with Crippen LogP contribution in [0.2, 0.25) is 0 Å². The maximum Gasteiger partial charge on any atom is 0.124 e. The van der Waals surface area contributed by atoms with Crippen LogP contribution in [0.5, 0.6) is 5.75 Å². The van der Waals surface area contributed by atoms with Gasteiger partial charge in [0.05, 0.1) is 24.8 Å². The minimum atomic E-state index is -0.625. The van der Waals surface area contributed by atoms with E-state index in [1.54, 1.807) is 19.2 Å². The fourth-order valence-electron chi connectivity index (χ4n) is 2.10. The third kappa shape index (κ3) is 4.06. The van der Waals surface area contributed by atoms with Crippen molar-refractivity contribution < 1.29 is 9.84 Å². The predicted octanol–water partition coefficient (Wildman–Crippen LogP) is 2.39. The van der Waals surface area contributed by atoms with Gasteiger partial charge in [-0.25, -0.2) is 0 Å². The Bertz CT molecular complexity index is 617. The van der Waals surface area contributed by atoms with Gasteiger partial charge in [-0.05, 0) is 23.8 Å². The molecule has 0 amide bonds. The number of aliphatic hydroxyl groups is 1. The van der Waals surface area contributed by atoms with Crippen LogP contribution in [0.1, 0.15) is 22.8 Å². The lowest BCUT2D eigenvalue weighted by atomic mass is 10.1. The van der Waals surface area contributed by atoms with Gasteiger partial charge in [-0.15, -0.1) is 0 Å². The van der Waals surface area contributed by atoms with Gasteiger partial charge in [0.1, 0.15) is 5.75 Å². The molecule has 0 aliphatic heterocycles. The van der Waals surface area contributed by atoms with E-state index in [1.165, 1.54) is 0 Å². The molecule has 0 aromatic heterocycles. The number of benzene rings is 2. The normalized spacial score (nSPS) is 11.7. The maximum absolute atomic E-state index is 10.2. The quantitative estimate of drug-likeness (QED) is 0.854. The molecular formula is C17H18N2O2. The number of ether oxygens (including phenoxy) is 1. The van der Waals surface area contributed by atoms with E-state index in [-0.39, 0.29) is 0 Å². The summed E-state index contributed by atoms with van der Waals surface area (Å²) in [4.78, 5) is 0. The van der Waals surface area contributed by atoms with Gasteiger partial charge in [-0.2, -0.15) is 5.26 Å². The number of hydrogen-bond acceptors (Lipinski definition) is 4. The van der Waals surface area contributed by atoms with Crippen molar-refractivity contribution in [1.82, 2.24) is 5.32 Å². The van der Waals surface area contributed by atoms with Crippen LogP contribution in [0.15, 0.2) is 48.5 Å². The van der Waals surface area contributed by atoms with Gasteiger partial charge in [0.25, 0.3) is 0 Å². The number of para-hydroxylation sites is 1. The van der Waals surface area contributed by atoms with Gasteiger partial charge in [0, 0.05) is 18.7 Å². The Morgan fingerprint density at radius 2 is 1.90 bits per heavy atom. The molecule has 1 atom stereocenters. The van der Waals surface area contributed by atoms with E-state index in [0.717, 1.165) is 11.1 Å². The summed E-state index contributed by atoms with van der Waals surface area (Å²) in [5.41, 5.74) is 2.49. The first kappa shape index (κ1) is 15.0. The molecule has 2 N–H and O–H groups in total. The summed E-state index contributed by atoms with van der Waals surface area (Å²) in [5, 5.41) is 22.1. The van der Waals surface area contributed by atoms with E-state index < -0.39 is 6.10 Å². The first-order chi connectivity index (χ1) is 10.2. The first-order valence-corrected chi connectivity index (χ1v) is 6.75. The zero-order valence-corrected chi connectivity index (χ0v) is 11.9. The van der Waals surface area contributed by atoms with Crippen molar-refractivity contribution >= 4 is 0 Å². The van der Waals surface area contributed by atoms with Crippen LogP contribution in [0, 0.1) is 11.3 Å². The second kappa shape index (κ2) is 7.44. The van der Waals surface area contributed by atoms with Crippen molar-refractivity contribution in [3.63, 3.8) is 0 Å². The van der Waals surface area contributed by atoms with Crippen LogP contribution >= 0.6 is 0 Å². The van der Waals surface area contributed by atoms with Crippen molar-refractivity contribution in [2.24, 2.45) is 0 Å². The summed E-state index contributed by atoms with van der Waals surface area (Å²) in [6.07, 6.45) is -0.625. The zero-order chi connectivity index (χ0) is 15.1. The Morgan fingerprint density at radius 1 is 1.19 bits per heavy atom. The Labute approximate surface area is 124 Å². The Kier molecular flexibility index (Phi) is 5.33. The van der Waals surface area contributed by atoms with Crippen LogP contribution in [0.4, 0.5) is 0 Å². The second-order valence-corrected chi connectivity index (χ2v) is 4.70. The summed E-state index contributed by atoms with van der Waals surface area (Å²) in [5.74, 6) is 0.685. The molecule has 0 saturated heterocycles. The lowest BCUT2D eigenvalue weighted by molar-refractivity contribution is 0.170. The van der Waals surface area contributed by atoms with E-state index in [2.05, 4.69) is 11.4 Å². The SMILES string of the molecule is COc1ccccc1[C@@H](O)CNCc1ccc(C#N)cc1. The minimum Gasteiger partial charge on any atom is -0.496 e.